The van der Waals surface area contributed by atoms with Gasteiger partial charge in [-0.25, -0.2) is 22.4 Å². The van der Waals surface area contributed by atoms with Crippen molar-refractivity contribution in [2.75, 3.05) is 5.32 Å². The third-order valence-electron chi connectivity index (χ3n) is 8.94. The maximum absolute atomic E-state index is 15.0. The number of nitrogens with zero attached hydrogens (tertiary/aromatic N) is 1. The van der Waals surface area contributed by atoms with Gasteiger partial charge in [0.2, 0.25) is 5.92 Å². The summed E-state index contributed by atoms with van der Waals surface area (Å²) in [7, 11) is 1.36. The molecule has 1 heterocycles. The number of amides is 1. The summed E-state index contributed by atoms with van der Waals surface area (Å²) in [6, 6.07) is 13.3. The molecule has 1 aliphatic rings. The molecule has 0 aliphatic heterocycles. The van der Waals surface area contributed by atoms with E-state index in [0.717, 1.165) is 16.7 Å². The second-order valence-electron chi connectivity index (χ2n) is 12.3. The Morgan fingerprint density at radius 2 is 1.60 bits per heavy atom. The number of carboxylic acid groups (broad SMARTS) is 1. The summed E-state index contributed by atoms with van der Waals surface area (Å²) < 4.78 is 102. The fourth-order valence-corrected chi connectivity index (χ4v) is 6.64. The quantitative estimate of drug-likeness (QED) is 0.144. The van der Waals surface area contributed by atoms with Gasteiger partial charge in [-0.15, -0.1) is 0 Å². The Morgan fingerprint density at radius 3 is 2.24 bits per heavy atom. The minimum atomic E-state index is -4.93. The average molecular weight is 700 g/mol. The van der Waals surface area contributed by atoms with Gasteiger partial charge in [-0.05, 0) is 46.5 Å². The molecule has 0 bridgehead atoms. The molecular formula is C36H28F7N3O4. The van der Waals surface area contributed by atoms with Gasteiger partial charge in [0.1, 0.15) is 23.2 Å². The molecule has 50 heavy (non-hydrogen) atoms. The van der Waals surface area contributed by atoms with Crippen molar-refractivity contribution in [1.82, 2.24) is 9.88 Å². The number of para-hydroxylation sites is 1. The molecule has 14 heteroatoms. The SMILES string of the molecule is Cn1c(=O)c(-c2cccc3c(C[C@H](NC(=O)c4c(F)cc(NC5CCC(F)(F)C5)cc4F)C(=O)O)cccc23)c(C(F)(F)F)c2ccccc21. The lowest BCUT2D eigenvalue weighted by Gasteiger charge is -2.20. The summed E-state index contributed by atoms with van der Waals surface area (Å²) in [5, 5.41) is 15.0. The van der Waals surface area contributed by atoms with Gasteiger partial charge in [0.25, 0.3) is 11.5 Å². The Balaban J connectivity index is 1.34. The van der Waals surface area contributed by atoms with Crippen LogP contribution in [0.5, 0.6) is 0 Å². The largest absolute Gasteiger partial charge is 0.480 e. The summed E-state index contributed by atoms with van der Waals surface area (Å²) in [5.74, 6) is -8.60. The number of nitrogens with one attached hydrogen (secondary N) is 2. The van der Waals surface area contributed by atoms with Crippen molar-refractivity contribution in [1.29, 1.82) is 0 Å². The van der Waals surface area contributed by atoms with Crippen molar-refractivity contribution in [3.8, 4) is 11.1 Å². The number of aliphatic carboxylic acids is 1. The number of carboxylic acids is 1. The molecular weight excluding hydrogens is 671 g/mol. The van der Waals surface area contributed by atoms with Gasteiger partial charge in [-0.1, -0.05) is 54.6 Å². The standard InChI is InChI=1S/C36H28F7N3O4/c1-46-28-11-3-2-7-24(28)31(36(41,42)43)29(33(46)48)23-10-5-8-21-18(6-4-9-22(21)23)14-27(34(49)50)45-32(47)30-25(37)15-20(16-26(30)38)44-19-12-13-35(39,40)17-19/h2-11,15-16,19,27,44H,12-14,17H2,1H3,(H,45,47)(H,49,50)/t19?,27-/m0/s1. The highest BCUT2D eigenvalue weighted by Crippen LogP contribution is 2.42. The Kier molecular flexibility index (Phi) is 8.83. The van der Waals surface area contributed by atoms with Crippen LogP contribution in [-0.2, 0) is 24.4 Å². The first kappa shape index (κ1) is 34.5. The molecule has 4 aromatic carbocycles. The van der Waals surface area contributed by atoms with E-state index in [-0.39, 0.29) is 51.3 Å². The fourth-order valence-electron chi connectivity index (χ4n) is 6.64. The van der Waals surface area contributed by atoms with Crippen molar-refractivity contribution < 1.29 is 45.4 Å². The highest BCUT2D eigenvalue weighted by molar-refractivity contribution is 6.02. The van der Waals surface area contributed by atoms with Crippen LogP contribution in [0, 0.1) is 11.6 Å². The lowest BCUT2D eigenvalue weighted by atomic mass is 9.90. The summed E-state index contributed by atoms with van der Waals surface area (Å²) in [5.41, 5.74) is -3.63. The summed E-state index contributed by atoms with van der Waals surface area (Å²) >= 11 is 0. The van der Waals surface area contributed by atoms with Crippen LogP contribution in [-0.4, -0.2) is 39.6 Å². The minimum Gasteiger partial charge on any atom is -0.480 e. The zero-order chi connectivity index (χ0) is 36.1. The number of alkyl halides is 5. The van der Waals surface area contributed by atoms with Gasteiger partial charge >= 0.3 is 12.1 Å². The first-order valence-electron chi connectivity index (χ1n) is 15.4. The number of benzene rings is 4. The van der Waals surface area contributed by atoms with E-state index in [2.05, 4.69) is 10.6 Å². The Labute approximate surface area is 279 Å². The van der Waals surface area contributed by atoms with E-state index in [4.69, 9.17) is 0 Å². The number of anilines is 1. The van der Waals surface area contributed by atoms with Crippen LogP contribution in [0.15, 0.2) is 77.6 Å². The maximum Gasteiger partial charge on any atom is 0.417 e. The van der Waals surface area contributed by atoms with Crippen LogP contribution in [0.2, 0.25) is 0 Å². The molecule has 0 radical (unpaired) electrons. The number of hydrogen-bond donors (Lipinski definition) is 3. The molecule has 1 amide bonds. The number of aromatic nitrogens is 1. The van der Waals surface area contributed by atoms with Crippen molar-refractivity contribution in [3.63, 3.8) is 0 Å². The van der Waals surface area contributed by atoms with Crippen LogP contribution in [0.3, 0.4) is 0 Å². The summed E-state index contributed by atoms with van der Waals surface area (Å²) in [4.78, 5) is 38.8. The number of rotatable bonds is 8. The Bertz CT molecular complexity index is 2210. The predicted octanol–water partition coefficient (Wildman–Crippen LogP) is 7.68. The number of halogens is 7. The molecule has 3 N–H and O–H groups in total. The van der Waals surface area contributed by atoms with Crippen LogP contribution in [0.1, 0.15) is 40.7 Å². The topological polar surface area (TPSA) is 100 Å². The lowest BCUT2D eigenvalue weighted by molar-refractivity contribution is -0.139. The van der Waals surface area contributed by atoms with Crippen LogP contribution in [0.25, 0.3) is 32.8 Å². The number of carbonyl (C=O) groups excluding carboxylic acids is 1. The molecule has 1 aromatic heterocycles. The van der Waals surface area contributed by atoms with E-state index < -0.39 is 82.8 Å². The highest BCUT2D eigenvalue weighted by atomic mass is 19.4. The first-order chi connectivity index (χ1) is 23.6. The van der Waals surface area contributed by atoms with Gasteiger partial charge in [0.15, 0.2) is 0 Å². The molecule has 1 unspecified atom stereocenters. The average Bonchev–Trinajstić information content (AvgIpc) is 3.38. The molecule has 0 saturated heterocycles. The number of carbonyl (C=O) groups is 2. The Hall–Kier alpha value is -5.40. The summed E-state index contributed by atoms with van der Waals surface area (Å²) in [6.07, 6.45) is -6.23. The van der Waals surface area contributed by atoms with E-state index in [1.807, 2.05) is 0 Å². The fraction of sp³-hybridized carbons (Fsp3) is 0.250. The normalized spacial score (nSPS) is 16.4. The number of aryl methyl sites for hydroxylation is 1. The predicted molar refractivity (Wildman–Crippen MR) is 172 cm³/mol. The maximum atomic E-state index is 15.0. The molecule has 1 saturated carbocycles. The first-order valence-corrected chi connectivity index (χ1v) is 15.4. The van der Waals surface area contributed by atoms with Gasteiger partial charge < -0.3 is 20.3 Å². The van der Waals surface area contributed by atoms with E-state index >= 15 is 8.78 Å². The van der Waals surface area contributed by atoms with Crippen LogP contribution < -0.4 is 16.2 Å². The zero-order valence-corrected chi connectivity index (χ0v) is 26.2. The monoisotopic (exact) mass is 699 g/mol. The molecule has 6 rings (SSSR count). The molecule has 260 valence electrons. The smallest absolute Gasteiger partial charge is 0.417 e. The molecule has 1 aliphatic carbocycles. The van der Waals surface area contributed by atoms with Crippen molar-refractivity contribution >= 4 is 39.2 Å². The van der Waals surface area contributed by atoms with E-state index in [9.17, 15) is 41.4 Å². The third kappa shape index (κ3) is 6.49. The van der Waals surface area contributed by atoms with E-state index in [1.54, 1.807) is 0 Å². The van der Waals surface area contributed by atoms with Crippen LogP contribution >= 0.6 is 0 Å². The van der Waals surface area contributed by atoms with Gasteiger partial charge in [-0.3, -0.25) is 9.59 Å². The zero-order valence-electron chi connectivity index (χ0n) is 26.2. The van der Waals surface area contributed by atoms with E-state index in [1.165, 1.54) is 67.7 Å². The van der Waals surface area contributed by atoms with E-state index in [0.29, 0.717) is 0 Å². The second-order valence-corrected chi connectivity index (χ2v) is 12.3. The molecule has 1 fully saturated rings. The van der Waals surface area contributed by atoms with Crippen molar-refractivity contribution in [3.05, 3.63) is 111 Å². The van der Waals surface area contributed by atoms with Crippen molar-refractivity contribution in [2.24, 2.45) is 7.05 Å². The molecule has 0 spiro atoms. The number of fused-ring (bicyclic) bond motifs is 2. The lowest BCUT2D eigenvalue weighted by Crippen LogP contribution is -2.43. The van der Waals surface area contributed by atoms with Gasteiger partial charge in [0.05, 0.1) is 16.6 Å². The second kappa shape index (κ2) is 12.8. The molecule has 7 nitrogen and oxygen atoms in total. The van der Waals surface area contributed by atoms with Crippen molar-refractivity contribution in [2.45, 2.75) is 49.9 Å². The van der Waals surface area contributed by atoms with Gasteiger partial charge in [0, 0.05) is 43.4 Å². The highest BCUT2D eigenvalue weighted by Gasteiger charge is 2.40. The minimum absolute atomic E-state index is 0.0573. The summed E-state index contributed by atoms with van der Waals surface area (Å²) in [6.45, 7) is 0. The molecule has 2 atom stereocenters. The Morgan fingerprint density at radius 1 is 0.960 bits per heavy atom. The number of pyridine rings is 1. The number of hydrogen-bond acceptors (Lipinski definition) is 4. The molecule has 5 aromatic rings. The third-order valence-corrected chi connectivity index (χ3v) is 8.94. The van der Waals surface area contributed by atoms with Crippen LogP contribution in [0.4, 0.5) is 36.4 Å². The van der Waals surface area contributed by atoms with Gasteiger partial charge in [-0.2, -0.15) is 13.2 Å².